The van der Waals surface area contributed by atoms with Crippen molar-refractivity contribution in [3.8, 4) is 0 Å². The predicted octanol–water partition coefficient (Wildman–Crippen LogP) is 4.17. The highest BCUT2D eigenvalue weighted by Gasteiger charge is 2.42. The van der Waals surface area contributed by atoms with Gasteiger partial charge in [-0.3, -0.25) is 19.0 Å². The lowest BCUT2D eigenvalue weighted by Gasteiger charge is -2.25. The standard InChI is InChI=1S/C25H25N3O4/c1-3-25(4-2,24(31)32)23(30)26-18-10-11-19-20(15-18)27-21-17(12-13-28(21)22(19)29)14-16-8-6-5-7-9-16/h5-11,14-15H,3-4,12-13H2,1-2H3,(H,26,30)(H,31,32)/b17-14+. The maximum absolute atomic E-state index is 13.0. The first-order chi connectivity index (χ1) is 15.4. The zero-order valence-electron chi connectivity index (χ0n) is 18.1. The molecule has 164 valence electrons. The molecule has 0 atom stereocenters. The van der Waals surface area contributed by atoms with Crippen LogP contribution in [0.15, 0.2) is 53.3 Å². The number of rotatable bonds is 6. The summed E-state index contributed by atoms with van der Waals surface area (Å²) < 4.78 is 1.68. The Balaban J connectivity index is 1.73. The number of carboxylic acids is 1. The summed E-state index contributed by atoms with van der Waals surface area (Å²) >= 11 is 0. The van der Waals surface area contributed by atoms with Crippen LogP contribution in [0.1, 0.15) is 44.5 Å². The average molecular weight is 431 g/mol. The van der Waals surface area contributed by atoms with Gasteiger partial charge < -0.3 is 10.4 Å². The number of amides is 1. The fourth-order valence-electron chi connectivity index (χ4n) is 4.20. The van der Waals surface area contributed by atoms with Crippen molar-refractivity contribution in [1.82, 2.24) is 9.55 Å². The van der Waals surface area contributed by atoms with Gasteiger partial charge in [-0.25, -0.2) is 4.98 Å². The van der Waals surface area contributed by atoms with Gasteiger partial charge in [0.2, 0.25) is 5.91 Å². The minimum atomic E-state index is -1.49. The van der Waals surface area contributed by atoms with E-state index in [0.29, 0.717) is 35.4 Å². The van der Waals surface area contributed by atoms with Crippen molar-refractivity contribution >= 4 is 40.1 Å². The van der Waals surface area contributed by atoms with Gasteiger partial charge in [-0.15, -0.1) is 0 Å². The van der Waals surface area contributed by atoms with Crippen molar-refractivity contribution in [2.24, 2.45) is 5.41 Å². The quantitative estimate of drug-likeness (QED) is 0.571. The molecule has 0 fully saturated rings. The number of carbonyl (C=O) groups is 2. The van der Waals surface area contributed by atoms with Crippen LogP contribution in [-0.2, 0) is 16.1 Å². The highest BCUT2D eigenvalue weighted by Crippen LogP contribution is 2.30. The summed E-state index contributed by atoms with van der Waals surface area (Å²) in [6.45, 7) is 3.94. The second-order valence-electron chi connectivity index (χ2n) is 8.00. The van der Waals surface area contributed by atoms with Gasteiger partial charge in [0.25, 0.3) is 5.56 Å². The van der Waals surface area contributed by atoms with Gasteiger partial charge in [0.05, 0.1) is 10.9 Å². The summed E-state index contributed by atoms with van der Waals surface area (Å²) in [6, 6.07) is 14.7. The monoisotopic (exact) mass is 431 g/mol. The van der Waals surface area contributed by atoms with Crippen molar-refractivity contribution in [2.75, 3.05) is 5.32 Å². The molecule has 1 aliphatic rings. The molecule has 1 amide bonds. The Morgan fingerprint density at radius 2 is 1.88 bits per heavy atom. The third kappa shape index (κ3) is 3.60. The predicted molar refractivity (Wildman–Crippen MR) is 124 cm³/mol. The van der Waals surface area contributed by atoms with E-state index in [2.05, 4.69) is 5.32 Å². The van der Waals surface area contributed by atoms with Crippen molar-refractivity contribution < 1.29 is 14.7 Å². The van der Waals surface area contributed by atoms with Crippen LogP contribution < -0.4 is 10.9 Å². The molecule has 0 bridgehead atoms. The smallest absolute Gasteiger partial charge is 0.319 e. The van der Waals surface area contributed by atoms with Crippen LogP contribution in [0.5, 0.6) is 0 Å². The number of allylic oxidation sites excluding steroid dienone is 1. The van der Waals surface area contributed by atoms with E-state index in [-0.39, 0.29) is 18.4 Å². The van der Waals surface area contributed by atoms with Gasteiger partial charge in [-0.1, -0.05) is 44.2 Å². The Bertz CT molecular complexity index is 1290. The van der Waals surface area contributed by atoms with E-state index in [1.807, 2.05) is 36.4 Å². The van der Waals surface area contributed by atoms with Gasteiger partial charge in [-0.2, -0.15) is 0 Å². The summed E-state index contributed by atoms with van der Waals surface area (Å²) in [5.41, 5.74) is 1.28. The van der Waals surface area contributed by atoms with Crippen molar-refractivity contribution in [3.05, 3.63) is 70.3 Å². The van der Waals surface area contributed by atoms with Gasteiger partial charge >= 0.3 is 5.97 Å². The normalized spacial score (nSPS) is 14.5. The van der Waals surface area contributed by atoms with Crippen LogP contribution in [0.25, 0.3) is 22.6 Å². The van der Waals surface area contributed by atoms with E-state index in [9.17, 15) is 19.5 Å². The van der Waals surface area contributed by atoms with Gasteiger partial charge in [0, 0.05) is 12.2 Å². The van der Waals surface area contributed by atoms with Crippen LogP contribution >= 0.6 is 0 Å². The summed E-state index contributed by atoms with van der Waals surface area (Å²) in [6.07, 6.45) is 3.11. The summed E-state index contributed by atoms with van der Waals surface area (Å²) in [7, 11) is 0. The van der Waals surface area contributed by atoms with E-state index >= 15 is 0 Å². The number of carboxylic acid groups (broad SMARTS) is 1. The number of benzene rings is 2. The van der Waals surface area contributed by atoms with Crippen molar-refractivity contribution in [3.63, 3.8) is 0 Å². The van der Waals surface area contributed by atoms with E-state index in [0.717, 1.165) is 11.1 Å². The second-order valence-corrected chi connectivity index (χ2v) is 8.00. The summed E-state index contributed by atoms with van der Waals surface area (Å²) in [5, 5.41) is 12.8. The third-order valence-corrected chi connectivity index (χ3v) is 6.30. The number of carbonyl (C=O) groups excluding carboxylic acids is 1. The van der Waals surface area contributed by atoms with Crippen LogP contribution in [0.2, 0.25) is 0 Å². The minimum absolute atomic E-state index is 0.124. The van der Waals surface area contributed by atoms with Gasteiger partial charge in [0.15, 0.2) is 0 Å². The van der Waals surface area contributed by atoms with Crippen molar-refractivity contribution in [2.45, 2.75) is 39.7 Å². The molecule has 0 saturated carbocycles. The summed E-state index contributed by atoms with van der Waals surface area (Å²) in [5.74, 6) is -1.10. The number of nitrogens with one attached hydrogen (secondary N) is 1. The molecule has 1 aromatic heterocycles. The maximum Gasteiger partial charge on any atom is 0.319 e. The Morgan fingerprint density at radius 3 is 2.53 bits per heavy atom. The third-order valence-electron chi connectivity index (χ3n) is 6.30. The minimum Gasteiger partial charge on any atom is -0.480 e. The highest BCUT2D eigenvalue weighted by molar-refractivity contribution is 6.08. The van der Waals surface area contributed by atoms with Gasteiger partial charge in [-0.05, 0) is 54.7 Å². The summed E-state index contributed by atoms with van der Waals surface area (Å²) in [4.78, 5) is 42.3. The molecule has 0 spiro atoms. The molecule has 2 heterocycles. The number of fused-ring (bicyclic) bond motifs is 2. The van der Waals surface area contributed by atoms with E-state index < -0.39 is 17.3 Å². The second kappa shape index (κ2) is 8.42. The Kier molecular flexibility index (Phi) is 5.65. The lowest BCUT2D eigenvalue weighted by molar-refractivity contribution is -0.154. The first-order valence-electron chi connectivity index (χ1n) is 10.7. The first kappa shape index (κ1) is 21.5. The SMILES string of the molecule is CCC(CC)(C(=O)O)C(=O)Nc1ccc2c(=O)n3c(nc2c1)/C(=C/c1ccccc1)CC3. The Morgan fingerprint density at radius 1 is 1.16 bits per heavy atom. The molecule has 1 aliphatic heterocycles. The Hall–Kier alpha value is -3.74. The largest absolute Gasteiger partial charge is 0.480 e. The maximum atomic E-state index is 13.0. The number of anilines is 1. The van der Waals surface area contributed by atoms with Gasteiger partial charge in [0.1, 0.15) is 11.2 Å². The van der Waals surface area contributed by atoms with Crippen LogP contribution in [0.3, 0.4) is 0 Å². The molecular formula is C25H25N3O4. The molecule has 2 aromatic carbocycles. The zero-order chi connectivity index (χ0) is 22.9. The molecule has 7 nitrogen and oxygen atoms in total. The molecule has 7 heteroatoms. The van der Waals surface area contributed by atoms with Crippen LogP contribution in [0, 0.1) is 5.41 Å². The molecule has 2 N–H and O–H groups in total. The molecule has 0 unspecified atom stereocenters. The van der Waals surface area contributed by atoms with Crippen molar-refractivity contribution in [1.29, 1.82) is 0 Å². The molecule has 4 rings (SSSR count). The van der Waals surface area contributed by atoms with E-state index in [1.54, 1.807) is 36.6 Å². The lowest BCUT2D eigenvalue weighted by Crippen LogP contribution is -2.42. The van der Waals surface area contributed by atoms with Crippen LogP contribution in [0.4, 0.5) is 5.69 Å². The fraction of sp³-hybridized carbons (Fsp3) is 0.280. The molecule has 0 aliphatic carbocycles. The average Bonchev–Trinajstić information content (AvgIpc) is 3.18. The van der Waals surface area contributed by atoms with E-state index in [1.165, 1.54) is 0 Å². The number of hydrogen-bond donors (Lipinski definition) is 2. The van der Waals surface area contributed by atoms with Crippen LogP contribution in [-0.4, -0.2) is 26.5 Å². The lowest BCUT2D eigenvalue weighted by atomic mass is 9.81. The molecule has 0 radical (unpaired) electrons. The fourth-order valence-corrected chi connectivity index (χ4v) is 4.20. The number of aliphatic carboxylic acids is 1. The Labute approximate surface area is 185 Å². The number of hydrogen-bond acceptors (Lipinski definition) is 4. The number of aromatic nitrogens is 2. The molecule has 0 saturated heterocycles. The zero-order valence-corrected chi connectivity index (χ0v) is 18.1. The topological polar surface area (TPSA) is 101 Å². The highest BCUT2D eigenvalue weighted by atomic mass is 16.4. The van der Waals surface area contributed by atoms with E-state index in [4.69, 9.17) is 4.98 Å². The number of nitrogens with zero attached hydrogens (tertiary/aromatic N) is 2. The molecule has 3 aromatic rings. The molecule has 32 heavy (non-hydrogen) atoms. The first-order valence-corrected chi connectivity index (χ1v) is 10.7. The molecular weight excluding hydrogens is 406 g/mol.